The molecule has 2 fully saturated rings. The number of hydrogen-bond donors (Lipinski definition) is 1. The van der Waals surface area contributed by atoms with Crippen molar-refractivity contribution in [3.63, 3.8) is 0 Å². The molecule has 0 bridgehead atoms. The largest absolute Gasteiger partial charge is 0.326 e. The zero-order chi connectivity index (χ0) is 14.7. The van der Waals surface area contributed by atoms with E-state index in [1.807, 2.05) is 42.1 Å². The monoisotopic (exact) mass is 305 g/mol. The number of carbonyl (C=O) groups is 2. The number of rotatable bonds is 2. The molecule has 3 rings (SSSR count). The summed E-state index contributed by atoms with van der Waals surface area (Å²) in [4.78, 5) is 28.1. The number of thioether (sulfide) groups is 1. The van der Waals surface area contributed by atoms with Crippen LogP contribution in [0.2, 0.25) is 0 Å². The van der Waals surface area contributed by atoms with Crippen LogP contribution in [0.1, 0.15) is 6.42 Å². The Morgan fingerprint density at radius 2 is 1.86 bits per heavy atom. The summed E-state index contributed by atoms with van der Waals surface area (Å²) in [7, 11) is 0. The Morgan fingerprint density at radius 3 is 2.57 bits per heavy atom. The number of nitrogens with one attached hydrogen (secondary N) is 1. The first-order valence-electron chi connectivity index (χ1n) is 7.25. The third-order valence-electron chi connectivity index (χ3n) is 3.87. The van der Waals surface area contributed by atoms with Gasteiger partial charge in [-0.15, -0.1) is 0 Å². The molecule has 2 saturated heterocycles. The van der Waals surface area contributed by atoms with Crippen LogP contribution in [-0.4, -0.2) is 54.0 Å². The van der Waals surface area contributed by atoms with Crippen molar-refractivity contribution in [2.45, 2.75) is 12.5 Å². The smallest absolute Gasteiger partial charge is 0.318 e. The van der Waals surface area contributed by atoms with Gasteiger partial charge in [-0.1, -0.05) is 18.2 Å². The molecule has 3 amide bonds. The fourth-order valence-electron chi connectivity index (χ4n) is 2.68. The Morgan fingerprint density at radius 1 is 1.14 bits per heavy atom. The molecular weight excluding hydrogens is 286 g/mol. The number of hydrogen-bond acceptors (Lipinski definition) is 3. The highest BCUT2D eigenvalue weighted by Crippen LogP contribution is 2.21. The van der Waals surface area contributed by atoms with E-state index >= 15 is 0 Å². The fourth-order valence-corrected chi connectivity index (χ4v) is 3.59. The molecule has 1 unspecified atom stereocenters. The average Bonchev–Trinajstić information content (AvgIpc) is 2.90. The highest BCUT2D eigenvalue weighted by Gasteiger charge is 2.34. The molecule has 5 nitrogen and oxygen atoms in total. The molecule has 2 aliphatic heterocycles. The van der Waals surface area contributed by atoms with Crippen LogP contribution in [0.5, 0.6) is 0 Å². The molecule has 0 aromatic heterocycles. The molecule has 0 radical (unpaired) electrons. The van der Waals surface area contributed by atoms with Gasteiger partial charge in [-0.05, 0) is 18.6 Å². The summed E-state index contributed by atoms with van der Waals surface area (Å²) < 4.78 is 0. The van der Waals surface area contributed by atoms with E-state index in [1.54, 1.807) is 9.80 Å². The Bertz CT molecular complexity index is 517. The summed E-state index contributed by atoms with van der Waals surface area (Å²) in [5, 5.41) is 2.88. The number of anilines is 1. The van der Waals surface area contributed by atoms with Crippen molar-refractivity contribution in [3.8, 4) is 0 Å². The van der Waals surface area contributed by atoms with E-state index in [4.69, 9.17) is 0 Å². The van der Waals surface area contributed by atoms with Crippen LogP contribution in [0.15, 0.2) is 30.3 Å². The SMILES string of the molecule is O=C(NC1CCN(c2ccccc2)C1=O)N1CCSCC1. The van der Waals surface area contributed by atoms with E-state index in [-0.39, 0.29) is 11.9 Å². The Balaban J connectivity index is 1.60. The van der Waals surface area contributed by atoms with Crippen LogP contribution in [0.4, 0.5) is 10.5 Å². The molecule has 112 valence electrons. The molecule has 21 heavy (non-hydrogen) atoms. The quantitative estimate of drug-likeness (QED) is 0.902. The lowest BCUT2D eigenvalue weighted by molar-refractivity contribution is -0.118. The number of para-hydroxylation sites is 1. The summed E-state index contributed by atoms with van der Waals surface area (Å²) >= 11 is 1.86. The summed E-state index contributed by atoms with van der Waals surface area (Å²) in [5.41, 5.74) is 0.897. The van der Waals surface area contributed by atoms with Crippen molar-refractivity contribution < 1.29 is 9.59 Å². The van der Waals surface area contributed by atoms with Gasteiger partial charge in [0.15, 0.2) is 0 Å². The van der Waals surface area contributed by atoms with Gasteiger partial charge >= 0.3 is 6.03 Å². The molecule has 1 aromatic rings. The van der Waals surface area contributed by atoms with Crippen LogP contribution in [0.25, 0.3) is 0 Å². The van der Waals surface area contributed by atoms with Crippen LogP contribution in [0, 0.1) is 0 Å². The second kappa shape index (κ2) is 6.39. The molecule has 0 saturated carbocycles. The first-order chi connectivity index (χ1) is 10.3. The van der Waals surface area contributed by atoms with Gasteiger partial charge < -0.3 is 15.1 Å². The maximum absolute atomic E-state index is 12.4. The summed E-state index contributed by atoms with van der Waals surface area (Å²) in [6.45, 7) is 2.18. The first-order valence-corrected chi connectivity index (χ1v) is 8.41. The predicted molar refractivity (Wildman–Crippen MR) is 84.6 cm³/mol. The Kier molecular flexibility index (Phi) is 4.34. The Labute approximate surface area is 128 Å². The zero-order valence-corrected chi connectivity index (χ0v) is 12.6. The number of nitrogens with zero attached hydrogens (tertiary/aromatic N) is 2. The van der Waals surface area contributed by atoms with Gasteiger partial charge in [0, 0.05) is 36.8 Å². The second-order valence-corrected chi connectivity index (χ2v) is 6.44. The van der Waals surface area contributed by atoms with Crippen molar-refractivity contribution in [1.82, 2.24) is 10.2 Å². The molecule has 1 atom stereocenters. The van der Waals surface area contributed by atoms with Gasteiger partial charge in [0.05, 0.1) is 0 Å². The van der Waals surface area contributed by atoms with Crippen LogP contribution < -0.4 is 10.2 Å². The third kappa shape index (κ3) is 3.15. The van der Waals surface area contributed by atoms with E-state index in [1.165, 1.54) is 0 Å². The molecule has 2 heterocycles. The minimum atomic E-state index is -0.396. The number of urea groups is 1. The lowest BCUT2D eigenvalue weighted by Crippen LogP contribution is -2.50. The van der Waals surface area contributed by atoms with Crippen molar-refractivity contribution in [1.29, 1.82) is 0 Å². The van der Waals surface area contributed by atoms with Crippen LogP contribution in [0.3, 0.4) is 0 Å². The normalized spacial score (nSPS) is 22.5. The minimum absolute atomic E-state index is 0.0130. The van der Waals surface area contributed by atoms with Crippen LogP contribution >= 0.6 is 11.8 Å². The first kappa shape index (κ1) is 14.3. The average molecular weight is 305 g/mol. The maximum atomic E-state index is 12.4. The van der Waals surface area contributed by atoms with Crippen LogP contribution in [-0.2, 0) is 4.79 Å². The second-order valence-electron chi connectivity index (χ2n) is 5.22. The van der Waals surface area contributed by atoms with Gasteiger partial charge in [0.25, 0.3) is 0 Å². The van der Waals surface area contributed by atoms with E-state index < -0.39 is 6.04 Å². The molecular formula is C15H19N3O2S. The highest BCUT2D eigenvalue weighted by molar-refractivity contribution is 7.99. The van der Waals surface area contributed by atoms with Crippen molar-refractivity contribution in [3.05, 3.63) is 30.3 Å². The van der Waals surface area contributed by atoms with Gasteiger partial charge in [-0.25, -0.2) is 4.79 Å². The van der Waals surface area contributed by atoms with E-state index in [2.05, 4.69) is 5.32 Å². The third-order valence-corrected chi connectivity index (χ3v) is 4.81. The van der Waals surface area contributed by atoms with Gasteiger partial charge in [0.1, 0.15) is 6.04 Å². The Hall–Kier alpha value is -1.69. The van der Waals surface area contributed by atoms with Gasteiger partial charge in [-0.2, -0.15) is 11.8 Å². The van der Waals surface area contributed by atoms with Gasteiger partial charge in [0.2, 0.25) is 5.91 Å². The topological polar surface area (TPSA) is 52.7 Å². The molecule has 6 heteroatoms. The minimum Gasteiger partial charge on any atom is -0.326 e. The number of benzene rings is 1. The zero-order valence-electron chi connectivity index (χ0n) is 11.8. The van der Waals surface area contributed by atoms with Crippen molar-refractivity contribution in [2.24, 2.45) is 0 Å². The van der Waals surface area contributed by atoms with E-state index in [0.29, 0.717) is 13.0 Å². The van der Waals surface area contributed by atoms with Crippen molar-refractivity contribution >= 4 is 29.4 Å². The molecule has 0 aliphatic carbocycles. The number of carbonyl (C=O) groups excluding carboxylic acids is 2. The van der Waals surface area contributed by atoms with E-state index in [0.717, 1.165) is 30.3 Å². The molecule has 0 spiro atoms. The molecule has 1 aromatic carbocycles. The lowest BCUT2D eigenvalue weighted by atomic mass is 10.2. The summed E-state index contributed by atoms with van der Waals surface area (Å²) in [6, 6.07) is 9.10. The summed E-state index contributed by atoms with van der Waals surface area (Å²) in [6.07, 6.45) is 0.669. The van der Waals surface area contributed by atoms with E-state index in [9.17, 15) is 9.59 Å². The summed E-state index contributed by atoms with van der Waals surface area (Å²) in [5.74, 6) is 1.94. The predicted octanol–water partition coefficient (Wildman–Crippen LogP) is 1.55. The molecule has 2 aliphatic rings. The highest BCUT2D eigenvalue weighted by atomic mass is 32.2. The number of amides is 3. The fraction of sp³-hybridized carbons (Fsp3) is 0.467. The van der Waals surface area contributed by atoms with Gasteiger partial charge in [-0.3, -0.25) is 4.79 Å². The molecule has 1 N–H and O–H groups in total. The maximum Gasteiger partial charge on any atom is 0.318 e. The lowest BCUT2D eigenvalue weighted by Gasteiger charge is -2.27. The van der Waals surface area contributed by atoms with Crippen molar-refractivity contribution in [2.75, 3.05) is 36.0 Å². The standard InChI is InChI=1S/C15H19N3O2S/c19-14-13(16-15(20)17-8-10-21-11-9-17)6-7-18(14)12-4-2-1-3-5-12/h1-5,13H,6-11H2,(H,16,20).